The Labute approximate surface area is 220 Å². The van der Waals surface area contributed by atoms with Crippen LogP contribution in [0, 0.1) is 0 Å². The summed E-state index contributed by atoms with van der Waals surface area (Å²) in [5.41, 5.74) is 9.20. The number of aromatic nitrogens is 4. The van der Waals surface area contributed by atoms with Crippen LogP contribution in [0.15, 0.2) is 90.0 Å². The lowest BCUT2D eigenvalue weighted by molar-refractivity contribution is 0.371. The highest BCUT2D eigenvalue weighted by Crippen LogP contribution is 2.45. The number of phenols is 1. The Hall–Kier alpha value is -4.59. The lowest BCUT2D eigenvalue weighted by atomic mass is 9.66. The zero-order valence-electron chi connectivity index (χ0n) is 21.3. The molecule has 0 atom stereocenters. The van der Waals surface area contributed by atoms with E-state index in [0.29, 0.717) is 23.5 Å². The highest BCUT2D eigenvalue weighted by Gasteiger charge is 2.36. The Bertz CT molecular complexity index is 1540. The summed E-state index contributed by atoms with van der Waals surface area (Å²) in [6, 6.07) is 26.6. The molecular weight excluding hydrogens is 478 g/mol. The molecule has 5 rings (SSSR count). The maximum atomic E-state index is 12.1. The zero-order chi connectivity index (χ0) is 26.5. The van der Waals surface area contributed by atoms with Gasteiger partial charge in [-0.3, -0.25) is 9.78 Å². The third-order valence-electron chi connectivity index (χ3n) is 7.15. The summed E-state index contributed by atoms with van der Waals surface area (Å²) in [5.74, 6) is 0.656. The van der Waals surface area contributed by atoms with Crippen molar-refractivity contribution in [2.24, 2.45) is 0 Å². The van der Waals surface area contributed by atoms with Crippen molar-refractivity contribution >= 4 is 17.1 Å². The molecule has 38 heavy (non-hydrogen) atoms. The van der Waals surface area contributed by atoms with E-state index in [9.17, 15) is 9.90 Å². The molecule has 2 aromatic heterocycles. The minimum atomic E-state index is -0.436. The number of aromatic amines is 1. The Morgan fingerprint density at radius 1 is 0.947 bits per heavy atom. The number of benzene rings is 3. The summed E-state index contributed by atoms with van der Waals surface area (Å²) in [5, 5.41) is 10.3. The van der Waals surface area contributed by atoms with Crippen LogP contribution >= 0.6 is 0 Å². The predicted molar refractivity (Wildman–Crippen MR) is 148 cm³/mol. The largest absolute Gasteiger partial charge is 0.504 e. The number of ether oxygens (including phenoxy) is 1. The highest BCUT2D eigenvalue weighted by atomic mass is 16.5. The molecule has 0 saturated heterocycles. The standard InChI is InChI=1S/C30H31N5O3/c1-38-25-19-23(15-16-24(25)36)30(21-11-5-2-6-12-21,22-13-7-3-8-14-22)17-9-4-10-18-35-20-32-26-27(35)33-29(31)34-28(26)37/h2-3,5-8,11-16,19-20,36H,4,9-10,17-18H2,1H3,(H3,31,33,34,37). The fourth-order valence-corrected chi connectivity index (χ4v) is 5.30. The van der Waals surface area contributed by atoms with E-state index in [1.807, 2.05) is 28.8 Å². The molecule has 8 heteroatoms. The molecule has 0 spiro atoms. The number of aromatic hydroxyl groups is 1. The van der Waals surface area contributed by atoms with Crippen molar-refractivity contribution in [3.63, 3.8) is 0 Å². The smallest absolute Gasteiger partial charge is 0.280 e. The Morgan fingerprint density at radius 3 is 2.29 bits per heavy atom. The second-order valence-corrected chi connectivity index (χ2v) is 9.40. The second-order valence-electron chi connectivity index (χ2n) is 9.40. The summed E-state index contributed by atoms with van der Waals surface area (Å²) in [7, 11) is 1.57. The molecule has 0 amide bonds. The van der Waals surface area contributed by atoms with Crippen LogP contribution in [0.5, 0.6) is 11.5 Å². The SMILES string of the molecule is COc1cc(C(CCCCCn2cnc3c(=O)[nH]c(N)nc32)(c2ccccc2)c2ccccc2)ccc1O. The van der Waals surface area contributed by atoms with Gasteiger partial charge < -0.3 is 20.1 Å². The number of phenolic OH excluding ortho intramolecular Hbond substituents is 1. The minimum absolute atomic E-state index is 0.0871. The van der Waals surface area contributed by atoms with Gasteiger partial charge in [-0.25, -0.2) is 4.98 Å². The predicted octanol–water partition coefficient (Wildman–Crippen LogP) is 5.01. The molecule has 0 aliphatic carbocycles. The molecule has 0 aliphatic heterocycles. The molecular formula is C30H31N5O3. The van der Waals surface area contributed by atoms with Gasteiger partial charge >= 0.3 is 0 Å². The van der Waals surface area contributed by atoms with E-state index in [4.69, 9.17) is 10.5 Å². The molecule has 0 radical (unpaired) electrons. The molecule has 194 valence electrons. The fourth-order valence-electron chi connectivity index (χ4n) is 5.30. The third kappa shape index (κ3) is 4.72. The van der Waals surface area contributed by atoms with Crippen molar-refractivity contribution in [3.8, 4) is 11.5 Å². The van der Waals surface area contributed by atoms with Crippen molar-refractivity contribution in [3.05, 3.63) is 112 Å². The van der Waals surface area contributed by atoms with Crippen molar-refractivity contribution in [2.75, 3.05) is 12.8 Å². The number of hydrogen-bond donors (Lipinski definition) is 3. The number of fused-ring (bicyclic) bond motifs is 1. The summed E-state index contributed by atoms with van der Waals surface area (Å²) in [6.45, 7) is 0.684. The van der Waals surface area contributed by atoms with Crippen LogP contribution in [0.25, 0.3) is 11.2 Å². The molecule has 4 N–H and O–H groups in total. The Morgan fingerprint density at radius 2 is 1.63 bits per heavy atom. The van der Waals surface area contributed by atoms with E-state index in [2.05, 4.69) is 63.5 Å². The number of methoxy groups -OCH3 is 1. The topological polar surface area (TPSA) is 119 Å². The van der Waals surface area contributed by atoms with Crippen molar-refractivity contribution in [2.45, 2.75) is 37.6 Å². The van der Waals surface area contributed by atoms with Crippen LogP contribution in [-0.2, 0) is 12.0 Å². The highest BCUT2D eigenvalue weighted by molar-refractivity contribution is 5.70. The lowest BCUT2D eigenvalue weighted by Crippen LogP contribution is -2.29. The number of imidazole rings is 1. The summed E-state index contributed by atoms with van der Waals surface area (Å²) >= 11 is 0. The van der Waals surface area contributed by atoms with Crippen LogP contribution < -0.4 is 16.0 Å². The lowest BCUT2D eigenvalue weighted by Gasteiger charge is -2.36. The first-order chi connectivity index (χ1) is 18.5. The van der Waals surface area contributed by atoms with E-state index >= 15 is 0 Å². The normalized spacial score (nSPS) is 11.6. The number of rotatable bonds is 10. The Kier molecular flexibility index (Phi) is 7.13. The van der Waals surface area contributed by atoms with Crippen molar-refractivity contribution in [1.29, 1.82) is 0 Å². The van der Waals surface area contributed by atoms with Gasteiger partial charge in [-0.15, -0.1) is 0 Å². The van der Waals surface area contributed by atoms with Gasteiger partial charge in [0.25, 0.3) is 5.56 Å². The number of anilines is 1. The van der Waals surface area contributed by atoms with Gasteiger partial charge in [0.2, 0.25) is 5.95 Å². The van der Waals surface area contributed by atoms with E-state index in [1.54, 1.807) is 19.5 Å². The number of hydrogen-bond acceptors (Lipinski definition) is 6. The maximum Gasteiger partial charge on any atom is 0.280 e. The quantitative estimate of drug-likeness (QED) is 0.180. The van der Waals surface area contributed by atoms with Gasteiger partial charge in [-0.1, -0.05) is 79.6 Å². The number of aryl methyl sites for hydroxylation is 1. The first kappa shape index (κ1) is 25.1. The summed E-state index contributed by atoms with van der Waals surface area (Å²) in [6.07, 6.45) is 5.28. The Balaban J connectivity index is 1.44. The second kappa shape index (κ2) is 10.8. The van der Waals surface area contributed by atoms with Crippen molar-refractivity contribution < 1.29 is 9.84 Å². The van der Waals surface area contributed by atoms with Gasteiger partial charge in [0.1, 0.15) is 0 Å². The van der Waals surface area contributed by atoms with Gasteiger partial charge in [0.05, 0.1) is 13.4 Å². The third-order valence-corrected chi connectivity index (χ3v) is 7.15. The number of nitrogen functional groups attached to an aromatic ring is 1. The van der Waals surface area contributed by atoms with Gasteiger partial charge in [-0.2, -0.15) is 4.98 Å². The summed E-state index contributed by atoms with van der Waals surface area (Å²) < 4.78 is 7.37. The van der Waals surface area contributed by atoms with Crippen molar-refractivity contribution in [1.82, 2.24) is 19.5 Å². The number of nitrogens with one attached hydrogen (secondary N) is 1. The molecule has 5 aromatic rings. The first-order valence-electron chi connectivity index (χ1n) is 12.7. The van der Waals surface area contributed by atoms with Crippen LogP contribution in [0.3, 0.4) is 0 Å². The average molecular weight is 510 g/mol. The van der Waals surface area contributed by atoms with E-state index in [0.717, 1.165) is 31.2 Å². The molecule has 2 heterocycles. The molecule has 0 fully saturated rings. The molecule has 3 aromatic carbocycles. The molecule has 0 aliphatic rings. The fraction of sp³-hybridized carbons (Fsp3) is 0.233. The minimum Gasteiger partial charge on any atom is -0.504 e. The van der Waals surface area contributed by atoms with E-state index in [1.165, 1.54) is 11.1 Å². The monoisotopic (exact) mass is 509 g/mol. The van der Waals surface area contributed by atoms with Gasteiger partial charge in [-0.05, 0) is 41.7 Å². The van der Waals surface area contributed by atoms with E-state index < -0.39 is 5.41 Å². The molecule has 8 nitrogen and oxygen atoms in total. The van der Waals surface area contributed by atoms with Gasteiger partial charge in [0, 0.05) is 12.0 Å². The molecule has 0 saturated carbocycles. The van der Waals surface area contributed by atoms with E-state index in [-0.39, 0.29) is 17.3 Å². The first-order valence-corrected chi connectivity index (χ1v) is 12.7. The average Bonchev–Trinajstić information content (AvgIpc) is 3.35. The van der Waals surface area contributed by atoms with Crippen LogP contribution in [0.4, 0.5) is 5.95 Å². The van der Waals surface area contributed by atoms with Crippen LogP contribution in [-0.4, -0.2) is 31.7 Å². The van der Waals surface area contributed by atoms with Gasteiger partial charge in [0.15, 0.2) is 22.7 Å². The number of nitrogens with two attached hydrogens (primary N) is 1. The van der Waals surface area contributed by atoms with Crippen LogP contribution in [0.2, 0.25) is 0 Å². The van der Waals surface area contributed by atoms with Crippen LogP contribution in [0.1, 0.15) is 42.4 Å². The molecule has 0 bridgehead atoms. The number of nitrogens with zero attached hydrogens (tertiary/aromatic N) is 3. The molecule has 0 unspecified atom stereocenters. The number of H-pyrrole nitrogens is 1. The summed E-state index contributed by atoms with van der Waals surface area (Å²) in [4.78, 5) is 23.1. The number of unbranched alkanes of at least 4 members (excludes halogenated alkanes) is 2. The maximum absolute atomic E-state index is 12.1. The zero-order valence-corrected chi connectivity index (χ0v) is 21.3.